The molecule has 0 aliphatic carbocycles. The van der Waals surface area contributed by atoms with E-state index in [1.54, 1.807) is 0 Å². The Bertz CT molecular complexity index is 1210. The molecule has 33 heavy (non-hydrogen) atoms. The first-order chi connectivity index (χ1) is 15.6. The normalized spacial score (nSPS) is 14.2. The number of aromatic nitrogens is 1. The van der Waals surface area contributed by atoms with Crippen LogP contribution in [0.5, 0.6) is 0 Å². The number of nitrogens with zero attached hydrogens (tertiary/aromatic N) is 1. The maximum absolute atomic E-state index is 13.7. The van der Waals surface area contributed by atoms with Crippen LogP contribution in [0.15, 0.2) is 61.2 Å². The number of benzene rings is 2. The fraction of sp³-hybridized carbons (Fsp3) is 0.280. The average molecular weight is 471 g/mol. The van der Waals surface area contributed by atoms with E-state index in [9.17, 15) is 18.9 Å². The van der Waals surface area contributed by atoms with Crippen molar-refractivity contribution in [3.8, 4) is 0 Å². The summed E-state index contributed by atoms with van der Waals surface area (Å²) >= 11 is 0. The largest absolute Gasteiger partial charge is 0.481 e. The maximum atomic E-state index is 13.7. The lowest BCUT2D eigenvalue weighted by molar-refractivity contribution is -0.138. The van der Waals surface area contributed by atoms with Crippen LogP contribution in [-0.2, 0) is 13.9 Å². The van der Waals surface area contributed by atoms with Gasteiger partial charge >= 0.3 is 5.97 Å². The van der Waals surface area contributed by atoms with Crippen LogP contribution in [0, 0.1) is 5.82 Å². The number of carbonyl (C=O) groups is 1. The lowest BCUT2D eigenvalue weighted by atomic mass is 9.97. The molecule has 2 atom stereocenters. The Labute approximate surface area is 192 Å². The van der Waals surface area contributed by atoms with Crippen LogP contribution >= 0.6 is 7.37 Å². The van der Waals surface area contributed by atoms with Crippen LogP contribution in [0.25, 0.3) is 16.5 Å². The third kappa shape index (κ3) is 6.14. The second-order valence-electron chi connectivity index (χ2n) is 8.23. The Kier molecular flexibility index (Phi) is 7.80. The van der Waals surface area contributed by atoms with Crippen LogP contribution in [0.1, 0.15) is 37.4 Å². The number of rotatable bonds is 10. The molecular weight excluding hydrogens is 444 g/mol. The molecule has 0 bridgehead atoms. The molecule has 0 radical (unpaired) electrons. The van der Waals surface area contributed by atoms with Gasteiger partial charge in [0.15, 0.2) is 0 Å². The molecule has 174 valence electrons. The molecule has 0 aliphatic rings. The first kappa shape index (κ1) is 24.8. The highest BCUT2D eigenvalue weighted by molar-refractivity contribution is 7.67. The zero-order valence-corrected chi connectivity index (χ0v) is 19.5. The second-order valence-corrected chi connectivity index (χ2v) is 10.7. The van der Waals surface area contributed by atoms with Crippen molar-refractivity contribution in [2.75, 3.05) is 12.8 Å². The number of para-hydroxylation sites is 1. The zero-order chi connectivity index (χ0) is 24.2. The lowest BCUT2D eigenvalue weighted by Gasteiger charge is -2.23. The number of hydrogen-bond acceptors (Lipinski definition) is 5. The van der Waals surface area contributed by atoms with Gasteiger partial charge in [0.25, 0.3) is 0 Å². The minimum atomic E-state index is -3.73. The molecule has 1 aromatic heterocycles. The minimum Gasteiger partial charge on any atom is -0.481 e. The molecule has 0 saturated carbocycles. The summed E-state index contributed by atoms with van der Waals surface area (Å²) in [5.41, 5.74) is 3.00. The Morgan fingerprint density at radius 3 is 2.48 bits per heavy atom. The molecule has 0 amide bonds. The van der Waals surface area contributed by atoms with E-state index >= 15 is 0 Å². The van der Waals surface area contributed by atoms with Gasteiger partial charge in [-0.25, -0.2) is 4.39 Å². The standard InChI is InChI=1S/C25H27FNO5P/c1-16(2)25-22(12-18-6-4-5-7-23(18)27-25)17(3)14-32-33(31,15-20(28)13-24(29)30)21-10-8-19(26)9-11-21/h4-12,16,20,28H,3,13-15H2,1-2H3,(H,29,30). The summed E-state index contributed by atoms with van der Waals surface area (Å²) < 4.78 is 33.0. The molecule has 0 saturated heterocycles. The van der Waals surface area contributed by atoms with Crippen molar-refractivity contribution in [2.24, 2.45) is 0 Å². The number of aliphatic carboxylic acids is 1. The van der Waals surface area contributed by atoms with Gasteiger partial charge in [0.05, 0.1) is 36.5 Å². The summed E-state index contributed by atoms with van der Waals surface area (Å²) in [6, 6.07) is 14.6. The van der Waals surface area contributed by atoms with E-state index in [2.05, 4.69) is 6.58 Å². The molecule has 1 heterocycles. The first-order valence-electron chi connectivity index (χ1n) is 10.6. The van der Waals surface area contributed by atoms with Crippen LogP contribution in [0.4, 0.5) is 4.39 Å². The second kappa shape index (κ2) is 10.4. The summed E-state index contributed by atoms with van der Waals surface area (Å²) in [7, 11) is -3.73. The topological polar surface area (TPSA) is 96.7 Å². The summed E-state index contributed by atoms with van der Waals surface area (Å²) in [5, 5.41) is 20.2. The Hall–Kier alpha value is -2.86. The van der Waals surface area contributed by atoms with E-state index < -0.39 is 37.8 Å². The van der Waals surface area contributed by atoms with E-state index in [1.165, 1.54) is 12.1 Å². The number of halogens is 1. The van der Waals surface area contributed by atoms with Crippen LogP contribution in [0.3, 0.4) is 0 Å². The number of aliphatic hydroxyl groups excluding tert-OH is 1. The van der Waals surface area contributed by atoms with Gasteiger partial charge in [-0.1, -0.05) is 38.6 Å². The number of carboxylic acids is 1. The smallest absolute Gasteiger partial charge is 0.305 e. The predicted molar refractivity (Wildman–Crippen MR) is 128 cm³/mol. The molecule has 0 fully saturated rings. The van der Waals surface area contributed by atoms with Crippen molar-refractivity contribution in [2.45, 2.75) is 32.3 Å². The molecule has 0 aliphatic heterocycles. The lowest BCUT2D eigenvalue weighted by Crippen LogP contribution is -2.23. The van der Waals surface area contributed by atoms with Crippen molar-refractivity contribution < 1.29 is 28.5 Å². The van der Waals surface area contributed by atoms with Crippen LogP contribution in [0.2, 0.25) is 0 Å². The van der Waals surface area contributed by atoms with Crippen LogP contribution in [-0.4, -0.2) is 40.0 Å². The predicted octanol–water partition coefficient (Wildman–Crippen LogP) is 4.97. The third-order valence-electron chi connectivity index (χ3n) is 5.21. The molecular formula is C25H27FNO5P. The summed E-state index contributed by atoms with van der Waals surface area (Å²) in [5.74, 6) is -1.63. The van der Waals surface area contributed by atoms with E-state index in [4.69, 9.17) is 14.6 Å². The molecule has 6 nitrogen and oxygen atoms in total. The number of pyridine rings is 1. The number of carboxylic acid groups (broad SMARTS) is 1. The SMILES string of the molecule is C=C(COP(=O)(CC(O)CC(=O)O)c1ccc(F)cc1)c1cc2ccccc2nc1C(C)C. The van der Waals surface area contributed by atoms with Gasteiger partial charge in [-0.15, -0.1) is 0 Å². The molecule has 3 aromatic rings. The first-order valence-corrected chi connectivity index (χ1v) is 12.4. The monoisotopic (exact) mass is 471 g/mol. The fourth-order valence-corrected chi connectivity index (χ4v) is 5.68. The molecule has 3 rings (SSSR count). The zero-order valence-electron chi connectivity index (χ0n) is 18.6. The highest BCUT2D eigenvalue weighted by Gasteiger charge is 2.31. The fourth-order valence-electron chi connectivity index (χ4n) is 3.56. The third-order valence-corrected chi connectivity index (χ3v) is 7.74. The number of fused-ring (bicyclic) bond motifs is 1. The van der Waals surface area contributed by atoms with E-state index in [-0.39, 0.29) is 17.8 Å². The van der Waals surface area contributed by atoms with Gasteiger partial charge in [-0.2, -0.15) is 0 Å². The Balaban J connectivity index is 1.90. The van der Waals surface area contributed by atoms with Gasteiger partial charge in [-0.05, 0) is 47.9 Å². The highest BCUT2D eigenvalue weighted by atomic mass is 31.2. The number of aliphatic hydroxyl groups is 1. The Morgan fingerprint density at radius 2 is 1.85 bits per heavy atom. The maximum Gasteiger partial charge on any atom is 0.305 e. The summed E-state index contributed by atoms with van der Waals surface area (Å²) in [4.78, 5) is 15.7. The van der Waals surface area contributed by atoms with Crippen molar-refractivity contribution in [3.05, 3.63) is 78.3 Å². The Morgan fingerprint density at radius 1 is 1.18 bits per heavy atom. The summed E-state index contributed by atoms with van der Waals surface area (Å²) in [6.07, 6.45) is -2.38. The van der Waals surface area contributed by atoms with Gasteiger partial charge in [0.1, 0.15) is 5.82 Å². The minimum absolute atomic E-state index is 0.0997. The van der Waals surface area contributed by atoms with E-state index in [0.29, 0.717) is 5.57 Å². The molecule has 2 aromatic carbocycles. The molecule has 8 heteroatoms. The quantitative estimate of drug-likeness (QED) is 0.406. The van der Waals surface area contributed by atoms with Crippen LogP contribution < -0.4 is 5.30 Å². The van der Waals surface area contributed by atoms with Gasteiger partial charge < -0.3 is 14.7 Å². The van der Waals surface area contributed by atoms with Gasteiger partial charge in [0.2, 0.25) is 7.37 Å². The summed E-state index contributed by atoms with van der Waals surface area (Å²) in [6.45, 7) is 8.01. The van der Waals surface area contributed by atoms with Crippen molar-refractivity contribution in [1.29, 1.82) is 0 Å². The van der Waals surface area contributed by atoms with Crippen molar-refractivity contribution in [1.82, 2.24) is 4.98 Å². The molecule has 0 spiro atoms. The van der Waals surface area contributed by atoms with E-state index in [1.807, 2.05) is 44.2 Å². The molecule has 2 unspecified atom stereocenters. The molecule has 2 N–H and O–H groups in total. The van der Waals surface area contributed by atoms with Gasteiger partial charge in [-0.3, -0.25) is 14.3 Å². The van der Waals surface area contributed by atoms with Gasteiger partial charge in [0, 0.05) is 16.3 Å². The van der Waals surface area contributed by atoms with E-state index in [0.717, 1.165) is 34.3 Å². The number of hydrogen-bond donors (Lipinski definition) is 2. The average Bonchev–Trinajstić information content (AvgIpc) is 2.76. The van der Waals surface area contributed by atoms with Crippen molar-refractivity contribution in [3.63, 3.8) is 0 Å². The van der Waals surface area contributed by atoms with Crippen molar-refractivity contribution >= 4 is 35.1 Å². The highest BCUT2D eigenvalue weighted by Crippen LogP contribution is 2.47.